The van der Waals surface area contributed by atoms with E-state index in [1.165, 1.54) is 30.6 Å². The third-order valence-electron chi connectivity index (χ3n) is 4.75. The summed E-state index contributed by atoms with van der Waals surface area (Å²) in [5.41, 5.74) is 0.448. The molecule has 0 bridgehead atoms. The van der Waals surface area contributed by atoms with E-state index in [-0.39, 0.29) is 0 Å². The first-order valence-electron chi connectivity index (χ1n) is 7.16. The number of hydrogen-bond acceptors (Lipinski definition) is 2. The molecule has 0 amide bonds. The van der Waals surface area contributed by atoms with Crippen molar-refractivity contribution >= 4 is 22.9 Å². The van der Waals surface area contributed by atoms with Crippen molar-refractivity contribution in [2.45, 2.75) is 58.4 Å². The molecule has 1 aromatic heterocycles. The van der Waals surface area contributed by atoms with Gasteiger partial charge in [-0.05, 0) is 49.8 Å². The second-order valence-electron chi connectivity index (χ2n) is 5.38. The smallest absolute Gasteiger partial charge is 0.0931 e. The van der Waals surface area contributed by atoms with Crippen LogP contribution < -0.4 is 5.32 Å². The predicted octanol–water partition coefficient (Wildman–Crippen LogP) is 5.06. The van der Waals surface area contributed by atoms with Crippen LogP contribution in [0.3, 0.4) is 0 Å². The van der Waals surface area contributed by atoms with Crippen molar-refractivity contribution in [3.05, 3.63) is 21.3 Å². The maximum atomic E-state index is 6.09. The zero-order valence-corrected chi connectivity index (χ0v) is 13.2. The van der Waals surface area contributed by atoms with Crippen LogP contribution in [-0.2, 0) is 0 Å². The van der Waals surface area contributed by atoms with Crippen LogP contribution in [0.25, 0.3) is 0 Å². The zero-order valence-electron chi connectivity index (χ0n) is 11.6. The highest BCUT2D eigenvalue weighted by Gasteiger charge is 2.52. The Morgan fingerprint density at radius 1 is 1.33 bits per heavy atom. The second kappa shape index (κ2) is 5.94. The van der Waals surface area contributed by atoms with Crippen molar-refractivity contribution in [2.24, 2.45) is 5.41 Å². The summed E-state index contributed by atoms with van der Waals surface area (Å²) in [5, 5.41) is 3.74. The highest BCUT2D eigenvalue weighted by Crippen LogP contribution is 2.58. The molecule has 1 aliphatic carbocycles. The molecule has 1 heterocycles. The van der Waals surface area contributed by atoms with Crippen LogP contribution in [0, 0.1) is 5.41 Å². The minimum absolute atomic E-state index is 0.448. The number of rotatable bonds is 6. The molecule has 1 N–H and O–H groups in total. The Morgan fingerprint density at radius 2 is 2.06 bits per heavy atom. The van der Waals surface area contributed by atoms with Crippen molar-refractivity contribution < 1.29 is 0 Å². The van der Waals surface area contributed by atoms with E-state index < -0.39 is 0 Å². The summed E-state index contributed by atoms with van der Waals surface area (Å²) in [6.45, 7) is 8.06. The lowest BCUT2D eigenvalue weighted by atomic mass is 9.53. The lowest BCUT2D eigenvalue weighted by Gasteiger charge is -2.56. The fourth-order valence-electron chi connectivity index (χ4n) is 3.54. The molecule has 0 spiro atoms. The van der Waals surface area contributed by atoms with E-state index in [9.17, 15) is 0 Å². The summed E-state index contributed by atoms with van der Waals surface area (Å²) in [5.74, 6) is 0.708. The maximum Gasteiger partial charge on any atom is 0.0931 e. The van der Waals surface area contributed by atoms with Gasteiger partial charge < -0.3 is 5.32 Å². The molecule has 1 aliphatic rings. The van der Waals surface area contributed by atoms with Gasteiger partial charge in [-0.25, -0.2) is 0 Å². The van der Waals surface area contributed by atoms with Crippen molar-refractivity contribution in [3.63, 3.8) is 0 Å². The minimum Gasteiger partial charge on any atom is -0.313 e. The maximum absolute atomic E-state index is 6.09. The average Bonchev–Trinajstić information content (AvgIpc) is 2.76. The van der Waals surface area contributed by atoms with Crippen molar-refractivity contribution in [3.8, 4) is 0 Å². The summed E-state index contributed by atoms with van der Waals surface area (Å²) < 4.78 is 0.927. The highest BCUT2D eigenvalue weighted by atomic mass is 35.5. The van der Waals surface area contributed by atoms with E-state index in [0.717, 1.165) is 10.9 Å². The van der Waals surface area contributed by atoms with E-state index in [1.54, 1.807) is 11.3 Å². The lowest BCUT2D eigenvalue weighted by Crippen LogP contribution is -2.58. The third-order valence-corrected chi connectivity index (χ3v) is 6.10. The largest absolute Gasteiger partial charge is 0.313 e. The Morgan fingerprint density at radius 3 is 2.56 bits per heavy atom. The Balaban J connectivity index is 2.13. The number of thiophene rings is 1. The van der Waals surface area contributed by atoms with Gasteiger partial charge in [-0.2, -0.15) is 0 Å². The average molecular weight is 286 g/mol. The second-order valence-corrected chi connectivity index (χ2v) is 7.12. The van der Waals surface area contributed by atoms with Gasteiger partial charge in [0.15, 0.2) is 0 Å². The van der Waals surface area contributed by atoms with Gasteiger partial charge in [-0.1, -0.05) is 32.4 Å². The Kier molecular flexibility index (Phi) is 4.74. The molecular weight excluding hydrogens is 262 g/mol. The molecule has 0 radical (unpaired) electrons. The molecule has 2 unspecified atom stereocenters. The molecule has 102 valence electrons. The molecule has 1 saturated carbocycles. The predicted molar refractivity (Wildman–Crippen MR) is 81.8 cm³/mol. The quantitative estimate of drug-likeness (QED) is 0.770. The number of hydrogen-bond donors (Lipinski definition) is 1. The zero-order chi connectivity index (χ0) is 13.2. The van der Waals surface area contributed by atoms with Crippen molar-refractivity contribution in [1.82, 2.24) is 5.32 Å². The molecule has 1 fully saturated rings. The normalized spacial score (nSPS) is 26.0. The monoisotopic (exact) mass is 285 g/mol. The molecule has 1 aromatic rings. The van der Waals surface area contributed by atoms with Crippen molar-refractivity contribution in [2.75, 3.05) is 6.54 Å². The van der Waals surface area contributed by atoms with E-state index in [1.807, 2.05) is 6.07 Å². The molecule has 2 rings (SSSR count). The molecule has 18 heavy (non-hydrogen) atoms. The highest BCUT2D eigenvalue weighted by molar-refractivity contribution is 7.16. The molecule has 0 aliphatic heterocycles. The van der Waals surface area contributed by atoms with E-state index in [0.29, 0.717) is 17.4 Å². The van der Waals surface area contributed by atoms with Crippen LogP contribution in [-0.4, -0.2) is 12.6 Å². The molecule has 2 atom stereocenters. The molecule has 0 aromatic carbocycles. The summed E-state index contributed by atoms with van der Waals surface area (Å²) >= 11 is 7.86. The van der Waals surface area contributed by atoms with Crippen LogP contribution >= 0.6 is 22.9 Å². The first-order valence-corrected chi connectivity index (χ1v) is 8.36. The van der Waals surface area contributed by atoms with Gasteiger partial charge in [-0.3, -0.25) is 0 Å². The van der Waals surface area contributed by atoms with Gasteiger partial charge in [0.05, 0.1) is 4.34 Å². The summed E-state index contributed by atoms with van der Waals surface area (Å²) in [6.07, 6.45) is 5.00. The van der Waals surface area contributed by atoms with Crippen LogP contribution in [0.1, 0.15) is 57.2 Å². The van der Waals surface area contributed by atoms with Crippen LogP contribution in [0.5, 0.6) is 0 Å². The van der Waals surface area contributed by atoms with Gasteiger partial charge in [0, 0.05) is 16.8 Å². The van der Waals surface area contributed by atoms with Gasteiger partial charge in [-0.15, -0.1) is 11.3 Å². The molecule has 0 saturated heterocycles. The third kappa shape index (κ3) is 2.35. The van der Waals surface area contributed by atoms with Crippen LogP contribution in [0.2, 0.25) is 4.34 Å². The topological polar surface area (TPSA) is 12.0 Å². The molecule has 3 heteroatoms. The number of halogens is 1. The van der Waals surface area contributed by atoms with Crippen LogP contribution in [0.15, 0.2) is 12.1 Å². The van der Waals surface area contributed by atoms with Gasteiger partial charge in [0.25, 0.3) is 0 Å². The fraction of sp³-hybridized carbons (Fsp3) is 0.733. The summed E-state index contributed by atoms with van der Waals surface area (Å²) in [6, 6.07) is 4.97. The SMILES string of the molecule is CCCNC1CC(c2ccc(Cl)s2)C1(CC)CC. The molecule has 1 nitrogen and oxygen atoms in total. The van der Waals surface area contributed by atoms with E-state index in [2.05, 4.69) is 32.2 Å². The Bertz CT molecular complexity index is 384. The van der Waals surface area contributed by atoms with Gasteiger partial charge >= 0.3 is 0 Å². The van der Waals surface area contributed by atoms with E-state index >= 15 is 0 Å². The molecular formula is C15H24ClNS. The fourth-order valence-corrected chi connectivity index (χ4v) is 4.84. The first kappa shape index (κ1) is 14.4. The van der Waals surface area contributed by atoms with Crippen molar-refractivity contribution in [1.29, 1.82) is 0 Å². The lowest BCUT2D eigenvalue weighted by molar-refractivity contribution is 0.0220. The standard InChI is InChI=1S/C15H24ClNS/c1-4-9-17-13-10-11(15(13,5-2)6-3)12-7-8-14(16)18-12/h7-8,11,13,17H,4-6,9-10H2,1-3H3. The Labute approximate surface area is 120 Å². The minimum atomic E-state index is 0.448. The van der Waals surface area contributed by atoms with Crippen LogP contribution in [0.4, 0.5) is 0 Å². The first-order chi connectivity index (χ1) is 8.67. The summed E-state index contributed by atoms with van der Waals surface area (Å²) in [7, 11) is 0. The van der Waals surface area contributed by atoms with E-state index in [4.69, 9.17) is 11.6 Å². The Hall–Kier alpha value is -0.0500. The van der Waals surface area contributed by atoms with Gasteiger partial charge in [0.2, 0.25) is 0 Å². The number of nitrogens with one attached hydrogen (secondary N) is 1. The summed E-state index contributed by atoms with van der Waals surface area (Å²) in [4.78, 5) is 1.48. The van der Waals surface area contributed by atoms with Gasteiger partial charge in [0.1, 0.15) is 0 Å².